The molecule has 2 rings (SSSR count). The maximum atomic E-state index is 8.91. The summed E-state index contributed by atoms with van der Waals surface area (Å²) in [5.41, 5.74) is 1.52. The fraction of sp³-hybridized carbons (Fsp3) is 0.308. The predicted octanol–water partition coefficient (Wildman–Crippen LogP) is 3.85. The van der Waals surface area contributed by atoms with E-state index in [1.54, 1.807) is 0 Å². The first-order valence-electron chi connectivity index (χ1n) is 5.62. The van der Waals surface area contributed by atoms with Crippen LogP contribution in [0.2, 0.25) is 0 Å². The molecule has 0 spiro atoms. The fourth-order valence-electron chi connectivity index (χ4n) is 1.57. The van der Waals surface area contributed by atoms with Crippen molar-refractivity contribution in [2.24, 2.45) is 0 Å². The van der Waals surface area contributed by atoms with Crippen molar-refractivity contribution in [3.63, 3.8) is 0 Å². The van der Waals surface area contributed by atoms with E-state index < -0.39 is 0 Å². The number of ether oxygens (including phenoxy) is 1. The SMILES string of the molecule is CC(C)c1cc(Br)ccc1Oc1nc(CO)co1. The average Bonchev–Trinajstić information content (AvgIpc) is 2.79. The Balaban J connectivity index is 2.28. The molecular weight excluding hydrogens is 298 g/mol. The van der Waals surface area contributed by atoms with Crippen LogP contribution in [0.3, 0.4) is 0 Å². The van der Waals surface area contributed by atoms with Crippen LogP contribution in [-0.4, -0.2) is 10.1 Å². The van der Waals surface area contributed by atoms with Crippen LogP contribution in [0.4, 0.5) is 0 Å². The molecule has 0 aliphatic rings. The molecule has 0 atom stereocenters. The van der Waals surface area contributed by atoms with Gasteiger partial charge in [0.1, 0.15) is 17.7 Å². The van der Waals surface area contributed by atoms with Crippen molar-refractivity contribution in [2.75, 3.05) is 0 Å². The Kier molecular flexibility index (Phi) is 4.04. The Morgan fingerprint density at radius 3 is 2.83 bits per heavy atom. The number of hydrogen-bond donors (Lipinski definition) is 1. The van der Waals surface area contributed by atoms with E-state index in [0.29, 0.717) is 17.4 Å². The van der Waals surface area contributed by atoms with E-state index in [-0.39, 0.29) is 12.7 Å². The molecule has 2 aromatic rings. The summed E-state index contributed by atoms with van der Waals surface area (Å²) in [5.74, 6) is 1.03. The second-order valence-electron chi connectivity index (χ2n) is 4.20. The minimum Gasteiger partial charge on any atom is -0.417 e. The first-order chi connectivity index (χ1) is 8.60. The minimum atomic E-state index is -0.162. The van der Waals surface area contributed by atoms with Gasteiger partial charge in [0.05, 0.1) is 6.61 Å². The molecule has 0 saturated heterocycles. The molecule has 0 fully saturated rings. The molecule has 1 heterocycles. The number of aliphatic hydroxyl groups excluding tert-OH is 1. The normalized spacial score (nSPS) is 10.9. The van der Waals surface area contributed by atoms with E-state index in [1.807, 2.05) is 18.2 Å². The molecular formula is C13H14BrNO3. The topological polar surface area (TPSA) is 55.5 Å². The Morgan fingerprint density at radius 2 is 2.22 bits per heavy atom. The van der Waals surface area contributed by atoms with Gasteiger partial charge in [-0.2, -0.15) is 4.98 Å². The van der Waals surface area contributed by atoms with Crippen LogP contribution >= 0.6 is 15.9 Å². The van der Waals surface area contributed by atoms with E-state index >= 15 is 0 Å². The van der Waals surface area contributed by atoms with Crippen LogP contribution in [-0.2, 0) is 6.61 Å². The van der Waals surface area contributed by atoms with Crippen molar-refractivity contribution >= 4 is 15.9 Å². The third-order valence-corrected chi connectivity index (χ3v) is 2.98. The Bertz CT molecular complexity index is 537. The first kappa shape index (κ1) is 13.1. The summed E-state index contributed by atoms with van der Waals surface area (Å²) in [6.07, 6.45) is 1.52. The number of benzene rings is 1. The van der Waals surface area contributed by atoms with Gasteiger partial charge in [-0.1, -0.05) is 29.8 Å². The van der Waals surface area contributed by atoms with Crippen molar-refractivity contribution in [2.45, 2.75) is 26.4 Å². The molecule has 1 N–H and O–H groups in total. The van der Waals surface area contributed by atoms with Crippen LogP contribution < -0.4 is 4.74 Å². The van der Waals surface area contributed by atoms with Crippen molar-refractivity contribution in [3.8, 4) is 11.8 Å². The summed E-state index contributed by atoms with van der Waals surface area (Å²) < 4.78 is 11.7. The van der Waals surface area contributed by atoms with Gasteiger partial charge in [0.15, 0.2) is 0 Å². The third kappa shape index (κ3) is 2.91. The molecule has 96 valence electrons. The number of oxazole rings is 1. The van der Waals surface area contributed by atoms with Crippen LogP contribution in [0.15, 0.2) is 33.4 Å². The minimum absolute atomic E-state index is 0.142. The molecule has 0 unspecified atom stereocenters. The smallest absolute Gasteiger partial charge is 0.399 e. The predicted molar refractivity (Wildman–Crippen MR) is 70.7 cm³/mol. The van der Waals surface area contributed by atoms with Crippen LogP contribution in [0.5, 0.6) is 11.8 Å². The zero-order valence-electron chi connectivity index (χ0n) is 10.2. The molecule has 0 amide bonds. The number of halogens is 1. The van der Waals surface area contributed by atoms with Gasteiger partial charge in [-0.15, -0.1) is 0 Å². The zero-order chi connectivity index (χ0) is 13.1. The van der Waals surface area contributed by atoms with Gasteiger partial charge in [-0.25, -0.2) is 0 Å². The number of aromatic nitrogens is 1. The van der Waals surface area contributed by atoms with Crippen LogP contribution in [0.25, 0.3) is 0 Å². The molecule has 0 bridgehead atoms. The molecule has 5 heteroatoms. The molecule has 0 saturated carbocycles. The molecule has 18 heavy (non-hydrogen) atoms. The van der Waals surface area contributed by atoms with Gasteiger partial charge >= 0.3 is 6.08 Å². The molecule has 1 aromatic carbocycles. The van der Waals surface area contributed by atoms with Crippen molar-refractivity contribution < 1.29 is 14.3 Å². The maximum Gasteiger partial charge on any atom is 0.399 e. The number of aliphatic hydroxyl groups is 1. The highest BCUT2D eigenvalue weighted by Crippen LogP contribution is 2.32. The van der Waals surface area contributed by atoms with E-state index in [4.69, 9.17) is 14.3 Å². The highest BCUT2D eigenvalue weighted by atomic mass is 79.9. The average molecular weight is 312 g/mol. The summed E-state index contributed by atoms with van der Waals surface area (Å²) in [6, 6.07) is 5.77. The van der Waals surface area contributed by atoms with Crippen molar-refractivity contribution in [3.05, 3.63) is 40.2 Å². The molecule has 0 aliphatic heterocycles. The lowest BCUT2D eigenvalue weighted by Gasteiger charge is -2.11. The van der Waals surface area contributed by atoms with Gasteiger partial charge in [-0.3, -0.25) is 0 Å². The summed E-state index contributed by atoms with van der Waals surface area (Å²) in [6.45, 7) is 4.01. The fourth-order valence-corrected chi connectivity index (χ4v) is 1.94. The Morgan fingerprint density at radius 1 is 1.44 bits per heavy atom. The lowest BCUT2D eigenvalue weighted by molar-refractivity contribution is 0.276. The molecule has 1 aromatic heterocycles. The van der Waals surface area contributed by atoms with Gasteiger partial charge in [0.25, 0.3) is 0 Å². The molecule has 0 aliphatic carbocycles. The van der Waals surface area contributed by atoms with Gasteiger partial charge in [0.2, 0.25) is 0 Å². The Labute approximate surface area is 114 Å². The van der Waals surface area contributed by atoms with E-state index in [9.17, 15) is 0 Å². The van der Waals surface area contributed by atoms with Crippen molar-refractivity contribution in [1.29, 1.82) is 0 Å². The Hall–Kier alpha value is -1.33. The third-order valence-electron chi connectivity index (χ3n) is 2.48. The second kappa shape index (κ2) is 5.54. The summed E-state index contributed by atoms with van der Waals surface area (Å²) in [4.78, 5) is 4.00. The molecule has 0 radical (unpaired) electrons. The largest absolute Gasteiger partial charge is 0.417 e. The first-order valence-corrected chi connectivity index (χ1v) is 6.42. The highest BCUT2D eigenvalue weighted by Gasteiger charge is 2.12. The number of rotatable bonds is 4. The summed E-state index contributed by atoms with van der Waals surface area (Å²) >= 11 is 3.44. The lowest BCUT2D eigenvalue weighted by Crippen LogP contribution is -1.94. The van der Waals surface area contributed by atoms with E-state index in [2.05, 4.69) is 34.8 Å². The number of nitrogens with zero attached hydrogens (tertiary/aromatic N) is 1. The second-order valence-corrected chi connectivity index (χ2v) is 5.12. The van der Waals surface area contributed by atoms with E-state index in [1.165, 1.54) is 6.26 Å². The standard InChI is InChI=1S/C13H14BrNO3/c1-8(2)11-5-9(14)3-4-12(11)18-13-15-10(6-16)7-17-13/h3-5,7-8,16H,6H2,1-2H3. The van der Waals surface area contributed by atoms with Crippen LogP contribution in [0.1, 0.15) is 31.0 Å². The van der Waals surface area contributed by atoms with Gasteiger partial charge in [0, 0.05) is 4.47 Å². The van der Waals surface area contributed by atoms with Crippen molar-refractivity contribution in [1.82, 2.24) is 4.98 Å². The van der Waals surface area contributed by atoms with Gasteiger partial charge in [-0.05, 0) is 29.7 Å². The summed E-state index contributed by atoms with van der Waals surface area (Å²) in [7, 11) is 0. The lowest BCUT2D eigenvalue weighted by atomic mass is 10.0. The molecule has 4 nitrogen and oxygen atoms in total. The maximum absolute atomic E-state index is 8.91. The van der Waals surface area contributed by atoms with Gasteiger partial charge < -0.3 is 14.3 Å². The summed E-state index contributed by atoms with van der Waals surface area (Å²) in [5, 5.41) is 8.91. The number of hydrogen-bond acceptors (Lipinski definition) is 4. The monoisotopic (exact) mass is 311 g/mol. The van der Waals surface area contributed by atoms with E-state index in [0.717, 1.165) is 10.0 Å². The zero-order valence-corrected chi connectivity index (χ0v) is 11.8. The quantitative estimate of drug-likeness (QED) is 0.932. The van der Waals surface area contributed by atoms with Crippen LogP contribution in [0, 0.1) is 0 Å². The highest BCUT2D eigenvalue weighted by molar-refractivity contribution is 9.10.